The van der Waals surface area contributed by atoms with E-state index in [4.69, 9.17) is 10.2 Å². The lowest BCUT2D eigenvalue weighted by Gasteiger charge is -1.91. The third kappa shape index (κ3) is 2.75. The summed E-state index contributed by atoms with van der Waals surface area (Å²) >= 11 is 3.95. The first-order valence-electron chi connectivity index (χ1n) is 2.72. The minimum Gasteiger partial charge on any atom is -0.507 e. The van der Waals surface area contributed by atoms with Crippen LogP contribution in [0.3, 0.4) is 0 Å². The lowest BCUT2D eigenvalue weighted by atomic mass is 10.3. The maximum atomic E-state index is 8.84. The molecule has 2 nitrogen and oxygen atoms in total. The fourth-order valence-corrected chi connectivity index (χ4v) is 0.625. The molecule has 0 heterocycles. The van der Waals surface area contributed by atoms with E-state index < -0.39 is 0 Å². The predicted octanol–water partition coefficient (Wildman–Crippen LogP) is 1.29. The van der Waals surface area contributed by atoms with Crippen LogP contribution in [0.25, 0.3) is 0 Å². The topological polar surface area (TPSA) is 40.5 Å². The number of aliphatic hydroxyl groups is 1. The molecule has 0 aliphatic rings. The number of hydrogen-bond donors (Lipinski definition) is 3. The summed E-state index contributed by atoms with van der Waals surface area (Å²) in [5.41, 5.74) is 0. The van der Waals surface area contributed by atoms with E-state index in [-0.39, 0.29) is 5.75 Å². The zero-order valence-electron chi connectivity index (χ0n) is 5.65. The van der Waals surface area contributed by atoms with Crippen LogP contribution in [0.2, 0.25) is 0 Å². The molecular weight excluding hydrogens is 148 g/mol. The van der Waals surface area contributed by atoms with Crippen LogP contribution < -0.4 is 0 Å². The highest BCUT2D eigenvalue weighted by Crippen LogP contribution is 2.18. The van der Waals surface area contributed by atoms with Gasteiger partial charge in [-0.2, -0.15) is 0 Å². The van der Waals surface area contributed by atoms with Crippen LogP contribution in [-0.2, 0) is 0 Å². The Balaban J connectivity index is 0.000000371. The second-order valence-electron chi connectivity index (χ2n) is 1.49. The molecule has 0 amide bonds. The first-order chi connectivity index (χ1) is 4.80. The first kappa shape index (κ1) is 9.33. The van der Waals surface area contributed by atoms with Crippen LogP contribution in [0, 0.1) is 0 Å². The SMILES string of the molecule is CO.Oc1ccccc1S. The molecule has 0 fully saturated rings. The second kappa shape index (κ2) is 5.14. The number of hydrogen-bond acceptors (Lipinski definition) is 3. The highest BCUT2D eigenvalue weighted by Gasteiger charge is 1.88. The van der Waals surface area contributed by atoms with Crippen molar-refractivity contribution in [3.8, 4) is 5.75 Å². The van der Waals surface area contributed by atoms with Gasteiger partial charge in [0.2, 0.25) is 0 Å². The number of benzene rings is 1. The minimum absolute atomic E-state index is 0.232. The molecule has 1 rings (SSSR count). The average molecular weight is 158 g/mol. The molecule has 56 valence electrons. The van der Waals surface area contributed by atoms with Crippen LogP contribution in [-0.4, -0.2) is 17.3 Å². The summed E-state index contributed by atoms with van der Waals surface area (Å²) in [6.45, 7) is 0. The molecule has 0 unspecified atom stereocenters. The Morgan fingerprint density at radius 3 is 2.00 bits per heavy atom. The lowest BCUT2D eigenvalue weighted by molar-refractivity contribution is 0.399. The van der Waals surface area contributed by atoms with Crippen molar-refractivity contribution >= 4 is 12.6 Å². The van der Waals surface area contributed by atoms with Crippen LogP contribution in [0.15, 0.2) is 29.2 Å². The summed E-state index contributed by atoms with van der Waals surface area (Å²) in [4.78, 5) is 0.618. The smallest absolute Gasteiger partial charge is 0.128 e. The van der Waals surface area contributed by atoms with E-state index in [9.17, 15) is 0 Å². The van der Waals surface area contributed by atoms with Crippen LogP contribution in [0.5, 0.6) is 5.75 Å². The summed E-state index contributed by atoms with van der Waals surface area (Å²) in [6.07, 6.45) is 0. The first-order valence-corrected chi connectivity index (χ1v) is 3.17. The standard InChI is InChI=1S/C6H6OS.CH4O/c7-5-3-1-2-4-6(5)8;1-2/h1-4,7-8H;2H,1H3. The Bertz CT molecular complexity index is 168. The van der Waals surface area contributed by atoms with Gasteiger partial charge in [-0.05, 0) is 12.1 Å². The van der Waals surface area contributed by atoms with E-state index >= 15 is 0 Å². The minimum atomic E-state index is 0.232. The van der Waals surface area contributed by atoms with E-state index in [0.717, 1.165) is 7.11 Å². The van der Waals surface area contributed by atoms with Crippen molar-refractivity contribution < 1.29 is 10.2 Å². The number of aromatic hydroxyl groups is 1. The highest BCUT2D eigenvalue weighted by atomic mass is 32.1. The number of aliphatic hydroxyl groups excluding tert-OH is 1. The number of phenolic OH excluding ortho intramolecular Hbond substituents is 1. The van der Waals surface area contributed by atoms with Gasteiger partial charge in [-0.1, -0.05) is 12.1 Å². The highest BCUT2D eigenvalue weighted by molar-refractivity contribution is 7.80. The molecule has 0 aliphatic carbocycles. The van der Waals surface area contributed by atoms with Gasteiger partial charge in [0.15, 0.2) is 0 Å². The van der Waals surface area contributed by atoms with Crippen molar-refractivity contribution in [1.82, 2.24) is 0 Å². The van der Waals surface area contributed by atoms with Crippen molar-refractivity contribution in [2.75, 3.05) is 7.11 Å². The zero-order valence-corrected chi connectivity index (χ0v) is 6.55. The molecule has 0 aliphatic heterocycles. The van der Waals surface area contributed by atoms with Gasteiger partial charge in [0.1, 0.15) is 5.75 Å². The van der Waals surface area contributed by atoms with Crippen molar-refractivity contribution in [3.63, 3.8) is 0 Å². The molecule has 0 aromatic heterocycles. The van der Waals surface area contributed by atoms with Gasteiger partial charge in [0, 0.05) is 12.0 Å². The Kier molecular flexibility index (Phi) is 4.80. The molecule has 0 radical (unpaired) electrons. The van der Waals surface area contributed by atoms with Gasteiger partial charge in [0.25, 0.3) is 0 Å². The lowest BCUT2D eigenvalue weighted by Crippen LogP contribution is -1.64. The van der Waals surface area contributed by atoms with E-state index in [2.05, 4.69) is 12.6 Å². The third-order valence-electron chi connectivity index (χ3n) is 0.882. The molecule has 0 saturated heterocycles. The van der Waals surface area contributed by atoms with Crippen LogP contribution in [0.1, 0.15) is 0 Å². The molecule has 2 N–H and O–H groups in total. The summed E-state index contributed by atoms with van der Waals surface area (Å²) in [7, 11) is 1.00. The Labute approximate surface area is 65.5 Å². The van der Waals surface area contributed by atoms with E-state index in [1.165, 1.54) is 0 Å². The molecule has 0 bridgehead atoms. The van der Waals surface area contributed by atoms with Crippen LogP contribution in [0.4, 0.5) is 0 Å². The van der Waals surface area contributed by atoms with Crippen molar-refractivity contribution in [3.05, 3.63) is 24.3 Å². The maximum absolute atomic E-state index is 8.84. The summed E-state index contributed by atoms with van der Waals surface area (Å²) in [5.74, 6) is 0.232. The second-order valence-corrected chi connectivity index (χ2v) is 1.97. The predicted molar refractivity (Wildman–Crippen MR) is 43.5 cm³/mol. The zero-order chi connectivity index (χ0) is 7.98. The summed E-state index contributed by atoms with van der Waals surface area (Å²) in [5, 5.41) is 15.8. The molecule has 0 spiro atoms. The van der Waals surface area contributed by atoms with E-state index in [1.807, 2.05) is 6.07 Å². The largest absolute Gasteiger partial charge is 0.507 e. The number of para-hydroxylation sites is 1. The van der Waals surface area contributed by atoms with Crippen molar-refractivity contribution in [2.24, 2.45) is 0 Å². The van der Waals surface area contributed by atoms with Gasteiger partial charge in [-0.25, -0.2) is 0 Å². The van der Waals surface area contributed by atoms with Gasteiger partial charge in [-0.15, -0.1) is 12.6 Å². The van der Waals surface area contributed by atoms with E-state index in [0.29, 0.717) is 4.90 Å². The van der Waals surface area contributed by atoms with Gasteiger partial charge in [-0.3, -0.25) is 0 Å². The number of rotatable bonds is 0. The fraction of sp³-hybridized carbons (Fsp3) is 0.143. The molecule has 3 heteroatoms. The Morgan fingerprint density at radius 1 is 1.20 bits per heavy atom. The molecule has 1 aromatic rings. The quantitative estimate of drug-likeness (QED) is 0.498. The molecule has 0 atom stereocenters. The van der Waals surface area contributed by atoms with Crippen molar-refractivity contribution in [2.45, 2.75) is 4.90 Å². The molecule has 1 aromatic carbocycles. The molecular formula is C7H10O2S. The average Bonchev–Trinajstić information content (AvgIpc) is 2.00. The summed E-state index contributed by atoms with van der Waals surface area (Å²) in [6, 6.07) is 6.91. The maximum Gasteiger partial charge on any atom is 0.128 e. The van der Waals surface area contributed by atoms with Gasteiger partial charge >= 0.3 is 0 Å². The normalized spacial score (nSPS) is 7.90. The Hall–Kier alpha value is -0.670. The molecule has 10 heavy (non-hydrogen) atoms. The number of phenols is 1. The number of thiol groups is 1. The monoisotopic (exact) mass is 158 g/mol. The van der Waals surface area contributed by atoms with Crippen LogP contribution >= 0.6 is 12.6 Å². The van der Waals surface area contributed by atoms with E-state index in [1.54, 1.807) is 18.2 Å². The third-order valence-corrected chi connectivity index (χ3v) is 1.26. The fourth-order valence-electron chi connectivity index (χ4n) is 0.464. The summed E-state index contributed by atoms with van der Waals surface area (Å²) < 4.78 is 0. The van der Waals surface area contributed by atoms with Gasteiger partial charge in [0.05, 0.1) is 0 Å². The van der Waals surface area contributed by atoms with Gasteiger partial charge < -0.3 is 10.2 Å². The Morgan fingerprint density at radius 2 is 1.70 bits per heavy atom. The molecule has 0 saturated carbocycles. The van der Waals surface area contributed by atoms with Crippen molar-refractivity contribution in [1.29, 1.82) is 0 Å².